The second-order valence-electron chi connectivity index (χ2n) is 5.97. The zero-order valence-electron chi connectivity index (χ0n) is 15.5. The van der Waals surface area contributed by atoms with E-state index in [1.807, 2.05) is 24.3 Å². The molecular formula is C20H24N2O4. The molecule has 0 radical (unpaired) electrons. The van der Waals surface area contributed by atoms with Crippen molar-refractivity contribution in [1.29, 1.82) is 0 Å². The first-order valence-electron chi connectivity index (χ1n) is 8.57. The number of hydrogen-bond donors (Lipinski definition) is 1. The second kappa shape index (κ2) is 7.66. The first-order chi connectivity index (χ1) is 12.6. The van der Waals surface area contributed by atoms with E-state index < -0.39 is 6.10 Å². The average Bonchev–Trinajstić information content (AvgIpc) is 3.05. The molecule has 2 aromatic carbocycles. The highest BCUT2D eigenvalue weighted by Crippen LogP contribution is 2.40. The van der Waals surface area contributed by atoms with Gasteiger partial charge in [0, 0.05) is 6.54 Å². The van der Waals surface area contributed by atoms with Crippen molar-refractivity contribution < 1.29 is 19.3 Å². The van der Waals surface area contributed by atoms with Crippen LogP contribution in [0.1, 0.15) is 30.8 Å². The molecular weight excluding hydrogens is 332 g/mol. The van der Waals surface area contributed by atoms with Crippen LogP contribution in [0.15, 0.2) is 36.4 Å². The number of para-hydroxylation sites is 2. The molecule has 1 heterocycles. The van der Waals surface area contributed by atoms with Gasteiger partial charge in [0.1, 0.15) is 11.9 Å². The van der Waals surface area contributed by atoms with E-state index in [1.165, 1.54) is 0 Å². The molecule has 26 heavy (non-hydrogen) atoms. The first kappa shape index (κ1) is 18.1. The summed E-state index contributed by atoms with van der Waals surface area (Å²) in [7, 11) is 4.66. The maximum absolute atomic E-state index is 11.1. The smallest absolute Gasteiger partial charge is 0.203 e. The van der Waals surface area contributed by atoms with Crippen LogP contribution in [0.5, 0.6) is 17.2 Å². The van der Waals surface area contributed by atoms with Gasteiger partial charge in [-0.25, -0.2) is 4.98 Å². The number of rotatable bonds is 7. The summed E-state index contributed by atoms with van der Waals surface area (Å²) in [6.07, 6.45) is 0.0256. The van der Waals surface area contributed by atoms with Crippen LogP contribution in [-0.2, 0) is 6.54 Å². The summed E-state index contributed by atoms with van der Waals surface area (Å²) >= 11 is 0. The molecule has 0 aliphatic carbocycles. The Labute approximate surface area is 152 Å². The molecule has 0 saturated heterocycles. The van der Waals surface area contributed by atoms with Crippen molar-refractivity contribution in [3.8, 4) is 17.2 Å². The third-order valence-corrected chi connectivity index (χ3v) is 4.38. The van der Waals surface area contributed by atoms with Crippen molar-refractivity contribution >= 4 is 11.0 Å². The maximum Gasteiger partial charge on any atom is 0.203 e. The van der Waals surface area contributed by atoms with Gasteiger partial charge >= 0.3 is 0 Å². The van der Waals surface area contributed by atoms with E-state index in [0.717, 1.165) is 24.0 Å². The van der Waals surface area contributed by atoms with E-state index in [2.05, 4.69) is 16.5 Å². The minimum Gasteiger partial charge on any atom is -0.493 e. The summed E-state index contributed by atoms with van der Waals surface area (Å²) < 4.78 is 18.2. The Morgan fingerprint density at radius 1 is 1.04 bits per heavy atom. The highest BCUT2D eigenvalue weighted by molar-refractivity contribution is 5.76. The van der Waals surface area contributed by atoms with Crippen molar-refractivity contribution in [2.24, 2.45) is 0 Å². The molecule has 0 amide bonds. The number of ether oxygens (including phenoxy) is 3. The van der Waals surface area contributed by atoms with E-state index in [0.29, 0.717) is 28.6 Å². The summed E-state index contributed by atoms with van der Waals surface area (Å²) in [5.41, 5.74) is 2.51. The first-order valence-corrected chi connectivity index (χ1v) is 8.57. The minimum atomic E-state index is -0.914. The Balaban J connectivity index is 2.13. The number of benzene rings is 2. The average molecular weight is 356 g/mol. The number of aliphatic hydroxyl groups is 1. The highest BCUT2D eigenvalue weighted by atomic mass is 16.5. The second-order valence-corrected chi connectivity index (χ2v) is 5.97. The molecule has 3 aromatic rings. The molecule has 6 nitrogen and oxygen atoms in total. The lowest BCUT2D eigenvalue weighted by molar-refractivity contribution is 0.203. The van der Waals surface area contributed by atoms with E-state index in [-0.39, 0.29) is 0 Å². The van der Waals surface area contributed by atoms with Gasteiger partial charge in [-0.05, 0) is 36.2 Å². The fraction of sp³-hybridized carbons (Fsp3) is 0.350. The lowest BCUT2D eigenvalue weighted by Crippen LogP contribution is -2.11. The molecule has 1 aromatic heterocycles. The summed E-state index contributed by atoms with van der Waals surface area (Å²) in [5, 5.41) is 11.1. The largest absolute Gasteiger partial charge is 0.493 e. The molecule has 6 heteroatoms. The van der Waals surface area contributed by atoms with Gasteiger partial charge < -0.3 is 23.9 Å². The van der Waals surface area contributed by atoms with Gasteiger partial charge in [-0.2, -0.15) is 0 Å². The lowest BCUT2D eigenvalue weighted by Gasteiger charge is -2.18. The number of aliphatic hydroxyl groups excluding tert-OH is 1. The van der Waals surface area contributed by atoms with E-state index in [9.17, 15) is 5.11 Å². The fourth-order valence-electron chi connectivity index (χ4n) is 3.17. The van der Waals surface area contributed by atoms with Gasteiger partial charge in [-0.3, -0.25) is 0 Å². The molecule has 0 aliphatic rings. The number of fused-ring (bicyclic) bond motifs is 1. The molecule has 0 spiro atoms. The predicted octanol–water partition coefficient (Wildman–Crippen LogP) is 3.55. The van der Waals surface area contributed by atoms with Crippen LogP contribution in [0.4, 0.5) is 0 Å². The van der Waals surface area contributed by atoms with Crippen molar-refractivity contribution in [1.82, 2.24) is 9.55 Å². The summed E-state index contributed by atoms with van der Waals surface area (Å²) in [6.45, 7) is 2.88. The molecule has 0 saturated carbocycles. The summed E-state index contributed by atoms with van der Waals surface area (Å²) in [6, 6.07) is 11.4. The topological polar surface area (TPSA) is 65.7 Å². The number of aromatic nitrogens is 2. The van der Waals surface area contributed by atoms with Crippen LogP contribution in [0.3, 0.4) is 0 Å². The van der Waals surface area contributed by atoms with E-state index >= 15 is 0 Å². The summed E-state index contributed by atoms with van der Waals surface area (Å²) in [4.78, 5) is 4.66. The number of hydrogen-bond acceptors (Lipinski definition) is 5. The van der Waals surface area contributed by atoms with Gasteiger partial charge in [0.2, 0.25) is 5.75 Å². The Morgan fingerprint density at radius 3 is 2.27 bits per heavy atom. The SMILES string of the molecule is CCCn1c([C@H](O)c2cc(OC)c(OC)c(OC)c2)nc2ccccc21. The molecule has 1 atom stereocenters. The molecule has 0 aliphatic heterocycles. The van der Waals surface area contributed by atoms with Gasteiger partial charge in [-0.1, -0.05) is 19.1 Å². The number of methoxy groups -OCH3 is 3. The van der Waals surface area contributed by atoms with Gasteiger partial charge in [0.25, 0.3) is 0 Å². The number of imidazole rings is 1. The zero-order chi connectivity index (χ0) is 18.7. The Morgan fingerprint density at radius 2 is 1.69 bits per heavy atom. The highest BCUT2D eigenvalue weighted by Gasteiger charge is 2.23. The minimum absolute atomic E-state index is 0.494. The molecule has 1 N–H and O–H groups in total. The summed E-state index contributed by atoms with van der Waals surface area (Å²) in [5.74, 6) is 2.09. The van der Waals surface area contributed by atoms with Crippen LogP contribution < -0.4 is 14.2 Å². The van der Waals surface area contributed by atoms with Gasteiger partial charge in [0.15, 0.2) is 11.5 Å². The molecule has 0 bridgehead atoms. The van der Waals surface area contributed by atoms with E-state index in [4.69, 9.17) is 14.2 Å². The van der Waals surface area contributed by atoms with Crippen molar-refractivity contribution in [3.05, 3.63) is 47.8 Å². The third kappa shape index (κ3) is 3.08. The van der Waals surface area contributed by atoms with Crippen molar-refractivity contribution in [2.75, 3.05) is 21.3 Å². The van der Waals surface area contributed by atoms with Crippen molar-refractivity contribution in [3.63, 3.8) is 0 Å². The monoisotopic (exact) mass is 356 g/mol. The number of nitrogens with zero attached hydrogens (tertiary/aromatic N) is 2. The van der Waals surface area contributed by atoms with Crippen LogP contribution in [0, 0.1) is 0 Å². The Hall–Kier alpha value is -2.73. The molecule has 138 valence electrons. The zero-order valence-corrected chi connectivity index (χ0v) is 15.5. The Kier molecular flexibility index (Phi) is 5.32. The van der Waals surface area contributed by atoms with Crippen LogP contribution in [0.25, 0.3) is 11.0 Å². The molecule has 0 fully saturated rings. The lowest BCUT2D eigenvalue weighted by atomic mass is 10.1. The van der Waals surface area contributed by atoms with E-state index in [1.54, 1.807) is 33.5 Å². The quantitative estimate of drug-likeness (QED) is 0.701. The van der Waals surface area contributed by atoms with Gasteiger partial charge in [0.05, 0.1) is 32.4 Å². The predicted molar refractivity (Wildman–Crippen MR) is 100 cm³/mol. The molecule has 0 unspecified atom stereocenters. The Bertz CT molecular complexity index is 879. The van der Waals surface area contributed by atoms with Crippen LogP contribution in [-0.4, -0.2) is 36.0 Å². The normalized spacial score (nSPS) is 12.2. The van der Waals surface area contributed by atoms with Crippen molar-refractivity contribution in [2.45, 2.75) is 26.0 Å². The number of aryl methyl sites for hydroxylation is 1. The fourth-order valence-corrected chi connectivity index (χ4v) is 3.17. The van der Waals surface area contributed by atoms with Gasteiger partial charge in [-0.15, -0.1) is 0 Å². The third-order valence-electron chi connectivity index (χ3n) is 4.38. The standard InChI is InChI=1S/C20H24N2O4/c1-5-10-22-15-9-7-6-8-14(15)21-20(22)18(23)13-11-16(24-2)19(26-4)17(12-13)25-3/h6-9,11-12,18,23H,5,10H2,1-4H3/t18-/m1/s1. The molecule has 3 rings (SSSR count). The van der Waals surface area contributed by atoms with Crippen LogP contribution >= 0.6 is 0 Å². The van der Waals surface area contributed by atoms with Crippen LogP contribution in [0.2, 0.25) is 0 Å². The maximum atomic E-state index is 11.1.